The zero-order chi connectivity index (χ0) is 18.4. The van der Waals surface area contributed by atoms with Crippen molar-refractivity contribution in [3.8, 4) is 0 Å². The van der Waals surface area contributed by atoms with Crippen molar-refractivity contribution in [1.29, 1.82) is 0 Å². The Morgan fingerprint density at radius 2 is 1.80 bits per heavy atom. The van der Waals surface area contributed by atoms with Gasteiger partial charge in [0.25, 0.3) is 0 Å². The maximum absolute atomic E-state index is 13.6. The lowest BCUT2D eigenvalue weighted by Gasteiger charge is -2.23. The van der Waals surface area contributed by atoms with E-state index in [4.69, 9.17) is 0 Å². The highest BCUT2D eigenvalue weighted by Crippen LogP contribution is 2.22. The van der Waals surface area contributed by atoms with Crippen LogP contribution in [0, 0.1) is 19.7 Å². The molecule has 0 aromatic heterocycles. The molecule has 0 bridgehead atoms. The summed E-state index contributed by atoms with van der Waals surface area (Å²) in [5.41, 5.74) is 3.32. The summed E-state index contributed by atoms with van der Waals surface area (Å²) in [7, 11) is 0. The average molecular weight is 342 g/mol. The molecule has 1 N–H and O–H groups in total. The molecule has 0 saturated heterocycles. The third-order valence-electron chi connectivity index (χ3n) is 4.22. The second-order valence-electron chi connectivity index (χ2n) is 6.02. The van der Waals surface area contributed by atoms with Crippen LogP contribution in [0.4, 0.5) is 10.1 Å². The third kappa shape index (κ3) is 4.89. The number of halogens is 1. The number of aryl methyl sites for hydroxylation is 1. The van der Waals surface area contributed by atoms with Crippen molar-refractivity contribution in [2.75, 3.05) is 18.0 Å². The van der Waals surface area contributed by atoms with Crippen LogP contribution in [-0.2, 0) is 16.0 Å². The monoisotopic (exact) mass is 342 g/mol. The Kier molecular flexibility index (Phi) is 6.28. The van der Waals surface area contributed by atoms with Crippen LogP contribution in [0.5, 0.6) is 0 Å². The minimum Gasteiger partial charge on any atom is -0.354 e. The number of nitrogens with one attached hydrogen (secondary N) is 1. The average Bonchev–Trinajstić information content (AvgIpc) is 2.57. The zero-order valence-electron chi connectivity index (χ0n) is 14.8. The number of carbonyl (C=O) groups excluding carboxylic acids is 2. The fourth-order valence-electron chi connectivity index (χ4n) is 2.63. The Bertz CT molecular complexity index is 774. The molecule has 0 spiro atoms. The van der Waals surface area contributed by atoms with E-state index in [2.05, 4.69) is 5.32 Å². The summed E-state index contributed by atoms with van der Waals surface area (Å²) >= 11 is 0. The molecule has 2 amide bonds. The first-order valence-electron chi connectivity index (χ1n) is 8.24. The minimum absolute atomic E-state index is 0.0586. The van der Waals surface area contributed by atoms with Gasteiger partial charge in [-0.05, 0) is 49.1 Å². The summed E-state index contributed by atoms with van der Waals surface area (Å²) in [5.74, 6) is -0.747. The van der Waals surface area contributed by atoms with Crippen molar-refractivity contribution >= 4 is 17.5 Å². The first-order valence-corrected chi connectivity index (χ1v) is 8.24. The molecule has 0 aliphatic rings. The van der Waals surface area contributed by atoms with Crippen molar-refractivity contribution in [1.82, 2.24) is 5.32 Å². The highest BCUT2D eigenvalue weighted by molar-refractivity contribution is 5.98. The van der Waals surface area contributed by atoms with E-state index in [0.29, 0.717) is 18.5 Å². The van der Waals surface area contributed by atoms with Crippen LogP contribution in [0.15, 0.2) is 42.5 Å². The lowest BCUT2D eigenvalue weighted by Crippen LogP contribution is -2.40. The number of nitrogens with zero attached hydrogens (tertiary/aromatic N) is 1. The van der Waals surface area contributed by atoms with Crippen molar-refractivity contribution in [2.24, 2.45) is 0 Å². The molecule has 0 saturated carbocycles. The predicted octanol–water partition coefficient (Wildman–Crippen LogP) is 3.15. The summed E-state index contributed by atoms with van der Waals surface area (Å²) in [6.45, 7) is 5.59. The fourth-order valence-corrected chi connectivity index (χ4v) is 2.63. The zero-order valence-corrected chi connectivity index (χ0v) is 14.8. The summed E-state index contributed by atoms with van der Waals surface area (Å²) < 4.78 is 13.6. The number of hydrogen-bond acceptors (Lipinski definition) is 2. The molecule has 0 heterocycles. The Labute approximate surface area is 147 Å². The van der Waals surface area contributed by atoms with Gasteiger partial charge in [0, 0.05) is 19.2 Å². The molecular formula is C20H23FN2O2. The molecule has 2 aromatic carbocycles. The van der Waals surface area contributed by atoms with Crippen molar-refractivity contribution in [3.63, 3.8) is 0 Å². The van der Waals surface area contributed by atoms with Gasteiger partial charge >= 0.3 is 0 Å². The first kappa shape index (κ1) is 18.6. The lowest BCUT2D eigenvalue weighted by atomic mass is 10.1. The number of benzene rings is 2. The molecule has 4 nitrogen and oxygen atoms in total. The maximum Gasteiger partial charge on any atom is 0.240 e. The molecular weight excluding hydrogens is 319 g/mol. The molecule has 132 valence electrons. The normalized spacial score (nSPS) is 10.4. The van der Waals surface area contributed by atoms with Crippen LogP contribution in [-0.4, -0.2) is 24.9 Å². The standard InChI is InChI=1S/C20H23FN2O2/c1-14-7-6-10-19(15(14)2)23(16(3)24)13-20(25)22-12-11-17-8-4-5-9-18(17)21/h4-10H,11-13H2,1-3H3,(H,22,25). The number of amides is 2. The summed E-state index contributed by atoms with van der Waals surface area (Å²) in [6.07, 6.45) is 0.405. The van der Waals surface area contributed by atoms with Crippen molar-refractivity contribution in [3.05, 3.63) is 65.0 Å². The van der Waals surface area contributed by atoms with Gasteiger partial charge in [0.2, 0.25) is 11.8 Å². The van der Waals surface area contributed by atoms with E-state index in [-0.39, 0.29) is 24.2 Å². The number of hydrogen-bond donors (Lipinski definition) is 1. The van der Waals surface area contributed by atoms with Gasteiger partial charge < -0.3 is 10.2 Å². The van der Waals surface area contributed by atoms with Crippen LogP contribution in [0.2, 0.25) is 0 Å². The highest BCUT2D eigenvalue weighted by atomic mass is 19.1. The van der Waals surface area contributed by atoms with Crippen LogP contribution < -0.4 is 10.2 Å². The molecule has 25 heavy (non-hydrogen) atoms. The van der Waals surface area contributed by atoms with E-state index in [1.807, 2.05) is 32.0 Å². The van der Waals surface area contributed by atoms with E-state index in [9.17, 15) is 14.0 Å². The molecule has 0 aliphatic heterocycles. The fraction of sp³-hybridized carbons (Fsp3) is 0.300. The molecule has 2 aromatic rings. The second-order valence-corrected chi connectivity index (χ2v) is 6.02. The van der Waals surface area contributed by atoms with Gasteiger partial charge in [-0.2, -0.15) is 0 Å². The number of carbonyl (C=O) groups is 2. The van der Waals surface area contributed by atoms with E-state index in [1.54, 1.807) is 18.2 Å². The summed E-state index contributed by atoms with van der Waals surface area (Å²) in [5, 5.41) is 2.75. The SMILES string of the molecule is CC(=O)N(CC(=O)NCCc1ccccc1F)c1cccc(C)c1C. The van der Waals surface area contributed by atoms with Crippen molar-refractivity contribution < 1.29 is 14.0 Å². The van der Waals surface area contributed by atoms with E-state index in [1.165, 1.54) is 17.9 Å². The van der Waals surface area contributed by atoms with Crippen LogP contribution in [0.1, 0.15) is 23.6 Å². The van der Waals surface area contributed by atoms with Crippen LogP contribution in [0.3, 0.4) is 0 Å². The highest BCUT2D eigenvalue weighted by Gasteiger charge is 2.18. The van der Waals surface area contributed by atoms with E-state index >= 15 is 0 Å². The van der Waals surface area contributed by atoms with Gasteiger partial charge in [-0.15, -0.1) is 0 Å². The summed E-state index contributed by atoms with van der Waals surface area (Å²) in [4.78, 5) is 25.6. The maximum atomic E-state index is 13.6. The summed E-state index contributed by atoms with van der Waals surface area (Å²) in [6, 6.07) is 12.1. The molecule has 0 atom stereocenters. The molecule has 5 heteroatoms. The number of anilines is 1. The third-order valence-corrected chi connectivity index (χ3v) is 4.22. The van der Waals surface area contributed by atoms with Gasteiger partial charge in [-0.3, -0.25) is 9.59 Å². The van der Waals surface area contributed by atoms with Gasteiger partial charge in [0.1, 0.15) is 12.4 Å². The largest absolute Gasteiger partial charge is 0.354 e. The molecule has 0 fully saturated rings. The van der Waals surface area contributed by atoms with Gasteiger partial charge in [-0.1, -0.05) is 30.3 Å². The second kappa shape index (κ2) is 8.42. The van der Waals surface area contributed by atoms with Crippen LogP contribution in [0.25, 0.3) is 0 Å². The minimum atomic E-state index is -0.280. The van der Waals surface area contributed by atoms with Gasteiger partial charge in [-0.25, -0.2) is 4.39 Å². The van der Waals surface area contributed by atoms with Crippen LogP contribution >= 0.6 is 0 Å². The first-order chi connectivity index (χ1) is 11.9. The number of rotatable bonds is 6. The predicted molar refractivity (Wildman–Crippen MR) is 97.1 cm³/mol. The van der Waals surface area contributed by atoms with Gasteiger partial charge in [0.05, 0.1) is 0 Å². The smallest absolute Gasteiger partial charge is 0.240 e. The molecule has 2 rings (SSSR count). The van der Waals surface area contributed by atoms with E-state index in [0.717, 1.165) is 16.8 Å². The Morgan fingerprint density at radius 1 is 1.08 bits per heavy atom. The quantitative estimate of drug-likeness (QED) is 0.877. The Morgan fingerprint density at radius 3 is 2.48 bits per heavy atom. The topological polar surface area (TPSA) is 49.4 Å². The molecule has 0 unspecified atom stereocenters. The molecule has 0 aliphatic carbocycles. The van der Waals surface area contributed by atoms with Crippen molar-refractivity contribution in [2.45, 2.75) is 27.2 Å². The Balaban J connectivity index is 1.98. The lowest BCUT2D eigenvalue weighted by molar-refractivity contribution is -0.123. The Hall–Kier alpha value is -2.69. The van der Waals surface area contributed by atoms with Gasteiger partial charge in [0.15, 0.2) is 0 Å². The molecule has 0 radical (unpaired) electrons. The van der Waals surface area contributed by atoms with E-state index < -0.39 is 0 Å².